The smallest absolute Gasteiger partial charge is 0.188 e. The van der Waals surface area contributed by atoms with Crippen molar-refractivity contribution < 1.29 is 5.11 Å². The first-order valence-corrected chi connectivity index (χ1v) is 4.47. The van der Waals surface area contributed by atoms with Crippen LogP contribution in [0.3, 0.4) is 0 Å². The third-order valence-electron chi connectivity index (χ3n) is 1.87. The summed E-state index contributed by atoms with van der Waals surface area (Å²) in [5.74, 6) is 0.463. The highest BCUT2D eigenvalue weighted by atomic mass is 16.3. The lowest BCUT2D eigenvalue weighted by Gasteiger charge is -2.05. The van der Waals surface area contributed by atoms with Crippen LogP contribution in [0.1, 0.15) is 26.2 Å². The van der Waals surface area contributed by atoms with Crippen LogP contribution in [0.25, 0.3) is 0 Å². The number of nitrogens with two attached hydrogens (primary N) is 1. The minimum absolute atomic E-state index is 0.357. The Bertz CT molecular complexity index is 166. The molecule has 0 aromatic heterocycles. The molecule has 1 fully saturated rings. The highest BCUT2D eigenvalue weighted by Crippen LogP contribution is 2.17. The standard InChI is InChI=1S/C8H17N3O/c1-2-7(12)5-10-8(9)11-6-3-4-6/h6-7,12H,2-5H2,1H3,(H3,9,10,11). The molecule has 1 aliphatic carbocycles. The largest absolute Gasteiger partial charge is 0.391 e. The van der Waals surface area contributed by atoms with E-state index in [0.717, 1.165) is 6.42 Å². The molecule has 0 aliphatic heterocycles. The molecule has 1 atom stereocenters. The van der Waals surface area contributed by atoms with E-state index >= 15 is 0 Å². The highest BCUT2D eigenvalue weighted by Gasteiger charge is 2.21. The van der Waals surface area contributed by atoms with E-state index in [4.69, 9.17) is 10.8 Å². The van der Waals surface area contributed by atoms with Crippen molar-refractivity contribution in [2.45, 2.75) is 38.3 Å². The van der Waals surface area contributed by atoms with Gasteiger partial charge in [-0.1, -0.05) is 6.92 Å². The number of aliphatic imine (C=N–C) groups is 1. The summed E-state index contributed by atoms with van der Waals surface area (Å²) in [6.45, 7) is 2.33. The summed E-state index contributed by atoms with van der Waals surface area (Å²) in [6.07, 6.45) is 2.74. The summed E-state index contributed by atoms with van der Waals surface area (Å²) in [5, 5.41) is 12.2. The predicted molar refractivity (Wildman–Crippen MR) is 48.9 cm³/mol. The number of aliphatic hydroxyl groups excluding tert-OH is 1. The second-order valence-electron chi connectivity index (χ2n) is 3.21. The summed E-state index contributed by atoms with van der Waals surface area (Å²) in [6, 6.07) is 0.535. The van der Waals surface area contributed by atoms with Crippen LogP contribution in [0.15, 0.2) is 4.99 Å². The lowest BCUT2D eigenvalue weighted by molar-refractivity contribution is 0.179. The van der Waals surface area contributed by atoms with E-state index in [0.29, 0.717) is 18.5 Å². The van der Waals surface area contributed by atoms with Crippen molar-refractivity contribution in [2.24, 2.45) is 10.7 Å². The Labute approximate surface area is 72.9 Å². The molecule has 0 aromatic carbocycles. The van der Waals surface area contributed by atoms with Crippen LogP contribution in [0.4, 0.5) is 0 Å². The van der Waals surface area contributed by atoms with Gasteiger partial charge in [-0.05, 0) is 19.3 Å². The Kier molecular flexibility index (Phi) is 3.34. The molecule has 0 spiro atoms. The molecule has 1 unspecified atom stereocenters. The molecule has 4 nitrogen and oxygen atoms in total. The first-order chi connectivity index (χ1) is 5.72. The number of nitrogens with one attached hydrogen (secondary N) is 1. The van der Waals surface area contributed by atoms with Crippen molar-refractivity contribution in [1.29, 1.82) is 0 Å². The molecule has 0 aromatic rings. The van der Waals surface area contributed by atoms with Gasteiger partial charge in [0.2, 0.25) is 0 Å². The minimum atomic E-state index is -0.357. The molecule has 4 heteroatoms. The molecule has 0 amide bonds. The third kappa shape index (κ3) is 3.57. The monoisotopic (exact) mass is 171 g/mol. The number of rotatable bonds is 4. The predicted octanol–water partition coefficient (Wildman–Crippen LogP) is -0.176. The van der Waals surface area contributed by atoms with E-state index in [1.165, 1.54) is 12.8 Å². The molecule has 0 saturated heterocycles. The van der Waals surface area contributed by atoms with Gasteiger partial charge in [0.05, 0.1) is 12.6 Å². The fourth-order valence-electron chi connectivity index (χ4n) is 0.815. The highest BCUT2D eigenvalue weighted by molar-refractivity contribution is 5.78. The second kappa shape index (κ2) is 4.30. The van der Waals surface area contributed by atoms with E-state index in [-0.39, 0.29) is 6.10 Å². The molecule has 0 radical (unpaired) electrons. The van der Waals surface area contributed by atoms with Gasteiger partial charge in [0, 0.05) is 6.04 Å². The average Bonchev–Trinajstić information content (AvgIpc) is 2.84. The van der Waals surface area contributed by atoms with Crippen LogP contribution >= 0.6 is 0 Å². The molecular formula is C8H17N3O. The zero-order valence-corrected chi connectivity index (χ0v) is 7.45. The molecule has 0 bridgehead atoms. The van der Waals surface area contributed by atoms with E-state index in [2.05, 4.69) is 10.3 Å². The summed E-state index contributed by atoms with van der Waals surface area (Å²) >= 11 is 0. The van der Waals surface area contributed by atoms with Crippen LogP contribution in [0.2, 0.25) is 0 Å². The van der Waals surface area contributed by atoms with Gasteiger partial charge in [0.25, 0.3) is 0 Å². The average molecular weight is 171 g/mol. The Morgan fingerprint density at radius 2 is 2.42 bits per heavy atom. The normalized spacial score (nSPS) is 20.7. The van der Waals surface area contributed by atoms with E-state index in [9.17, 15) is 0 Å². The second-order valence-corrected chi connectivity index (χ2v) is 3.21. The van der Waals surface area contributed by atoms with Gasteiger partial charge in [-0.3, -0.25) is 4.99 Å². The van der Waals surface area contributed by atoms with Gasteiger partial charge in [0.1, 0.15) is 0 Å². The Morgan fingerprint density at radius 3 is 2.92 bits per heavy atom. The summed E-state index contributed by atoms with van der Waals surface area (Å²) in [4.78, 5) is 4.01. The van der Waals surface area contributed by atoms with Crippen LogP contribution in [-0.2, 0) is 0 Å². The van der Waals surface area contributed by atoms with E-state index in [1.807, 2.05) is 6.92 Å². The number of hydrogen-bond donors (Lipinski definition) is 3. The molecule has 1 aliphatic rings. The maximum absolute atomic E-state index is 9.17. The maximum Gasteiger partial charge on any atom is 0.188 e. The molecule has 12 heavy (non-hydrogen) atoms. The fraction of sp³-hybridized carbons (Fsp3) is 0.875. The lowest BCUT2D eigenvalue weighted by atomic mass is 10.3. The number of guanidine groups is 1. The van der Waals surface area contributed by atoms with Crippen LogP contribution < -0.4 is 11.1 Å². The fourth-order valence-corrected chi connectivity index (χ4v) is 0.815. The quantitative estimate of drug-likeness (QED) is 0.406. The van der Waals surface area contributed by atoms with E-state index < -0.39 is 0 Å². The molecule has 1 rings (SSSR count). The Balaban J connectivity index is 2.14. The summed E-state index contributed by atoms with van der Waals surface area (Å²) < 4.78 is 0. The van der Waals surface area contributed by atoms with Crippen LogP contribution in [-0.4, -0.2) is 29.8 Å². The molecule has 0 heterocycles. The summed E-state index contributed by atoms with van der Waals surface area (Å²) in [7, 11) is 0. The van der Waals surface area contributed by atoms with Crippen molar-refractivity contribution in [3.63, 3.8) is 0 Å². The van der Waals surface area contributed by atoms with Crippen molar-refractivity contribution in [2.75, 3.05) is 6.54 Å². The Hall–Kier alpha value is -0.770. The number of hydrogen-bond acceptors (Lipinski definition) is 2. The van der Waals surface area contributed by atoms with Crippen molar-refractivity contribution in [1.82, 2.24) is 5.32 Å². The van der Waals surface area contributed by atoms with Crippen LogP contribution in [0, 0.1) is 0 Å². The van der Waals surface area contributed by atoms with Gasteiger partial charge in [0.15, 0.2) is 5.96 Å². The van der Waals surface area contributed by atoms with Gasteiger partial charge >= 0.3 is 0 Å². The van der Waals surface area contributed by atoms with Gasteiger partial charge < -0.3 is 16.2 Å². The first kappa shape index (κ1) is 9.32. The third-order valence-corrected chi connectivity index (χ3v) is 1.87. The van der Waals surface area contributed by atoms with Crippen molar-refractivity contribution >= 4 is 5.96 Å². The zero-order valence-electron chi connectivity index (χ0n) is 7.45. The zero-order chi connectivity index (χ0) is 8.97. The van der Waals surface area contributed by atoms with E-state index in [1.54, 1.807) is 0 Å². The minimum Gasteiger partial charge on any atom is -0.391 e. The molecule has 70 valence electrons. The van der Waals surface area contributed by atoms with Gasteiger partial charge in [-0.25, -0.2) is 0 Å². The lowest BCUT2D eigenvalue weighted by Crippen LogP contribution is -2.34. The SMILES string of the molecule is CCC(O)CN=C(N)NC1CC1. The van der Waals surface area contributed by atoms with Crippen molar-refractivity contribution in [3.8, 4) is 0 Å². The van der Waals surface area contributed by atoms with Gasteiger partial charge in [-0.2, -0.15) is 0 Å². The molecule has 1 saturated carbocycles. The van der Waals surface area contributed by atoms with Gasteiger partial charge in [-0.15, -0.1) is 0 Å². The maximum atomic E-state index is 9.17. The molecular weight excluding hydrogens is 154 g/mol. The first-order valence-electron chi connectivity index (χ1n) is 4.47. The summed E-state index contributed by atoms with van der Waals surface area (Å²) in [5.41, 5.74) is 5.55. The number of aliphatic hydroxyl groups is 1. The topological polar surface area (TPSA) is 70.6 Å². The Morgan fingerprint density at radius 1 is 1.75 bits per heavy atom. The van der Waals surface area contributed by atoms with Crippen LogP contribution in [0.5, 0.6) is 0 Å². The number of nitrogens with zero attached hydrogens (tertiary/aromatic N) is 1. The molecule has 4 N–H and O–H groups in total. The van der Waals surface area contributed by atoms with Crippen molar-refractivity contribution in [3.05, 3.63) is 0 Å².